The van der Waals surface area contributed by atoms with E-state index in [0.29, 0.717) is 36.0 Å². The highest BCUT2D eigenvalue weighted by atomic mass is 16.5. The maximum atomic E-state index is 12.8. The minimum absolute atomic E-state index is 0. The summed E-state index contributed by atoms with van der Waals surface area (Å²) in [5, 5.41) is 18.7. The zero-order chi connectivity index (χ0) is 21.4. The average molecular weight is 412 g/mol. The third-order valence-corrected chi connectivity index (χ3v) is 4.44. The van der Waals surface area contributed by atoms with Crippen LogP contribution in [0.2, 0.25) is 0 Å². The highest BCUT2D eigenvalue weighted by Crippen LogP contribution is 2.23. The van der Waals surface area contributed by atoms with Crippen LogP contribution in [0.15, 0.2) is 36.4 Å². The Balaban J connectivity index is 0.00000146. The van der Waals surface area contributed by atoms with Gasteiger partial charge in [-0.1, -0.05) is 45.9 Å². The number of amidine groups is 1. The number of nitrogens with zero attached hydrogens (tertiary/aromatic N) is 2. The maximum Gasteiger partial charge on any atom is 0.260 e. The van der Waals surface area contributed by atoms with Gasteiger partial charge in [0.05, 0.1) is 18.5 Å². The second-order valence-electron chi connectivity index (χ2n) is 6.74. The highest BCUT2D eigenvalue weighted by Gasteiger charge is 2.18. The fourth-order valence-electron chi connectivity index (χ4n) is 2.83. The lowest BCUT2D eigenvalue weighted by Gasteiger charge is -2.23. The number of aromatic nitrogens is 1. The van der Waals surface area contributed by atoms with E-state index in [0.717, 1.165) is 18.3 Å². The Hall–Kier alpha value is -3.22. The molecule has 1 aliphatic heterocycles. The first-order valence-corrected chi connectivity index (χ1v) is 9.86. The van der Waals surface area contributed by atoms with Crippen molar-refractivity contribution in [2.24, 2.45) is 5.92 Å². The number of anilines is 1. The number of hydrogen-bond donors (Lipinski definition) is 3. The topological polar surface area (TPSA) is 102 Å². The number of aryl methyl sites for hydroxylation is 1. The molecular formula is C23H33N5O2. The Morgan fingerprint density at radius 2 is 2.00 bits per heavy atom. The molecule has 1 unspecified atom stereocenters. The van der Waals surface area contributed by atoms with E-state index in [9.17, 15) is 4.79 Å². The zero-order valence-electron chi connectivity index (χ0n) is 17.5. The van der Waals surface area contributed by atoms with Gasteiger partial charge in [0.25, 0.3) is 5.91 Å². The van der Waals surface area contributed by atoms with Crippen LogP contribution in [-0.4, -0.2) is 41.1 Å². The fourth-order valence-corrected chi connectivity index (χ4v) is 2.83. The van der Waals surface area contributed by atoms with Crippen LogP contribution < -0.4 is 10.1 Å². The summed E-state index contributed by atoms with van der Waals surface area (Å²) in [4.78, 5) is 18.7. The van der Waals surface area contributed by atoms with Gasteiger partial charge in [-0.25, -0.2) is 4.98 Å². The standard InChI is InChI=1S/C20H23N5O2.C2H6.CH4/c1-13-6-7-17-15(10-13)20(26)24-18-5-3-4-16(23-18)19(22)25(12-21)9-8-14(2)11-27-17;1-2;/h3-7,10,12,14,21-22H,8-9,11H2,1-2H3,(H,23,24,26);1-2H3;1H4. The number of carbonyl (C=O) groups is 1. The third-order valence-electron chi connectivity index (χ3n) is 4.44. The van der Waals surface area contributed by atoms with Crippen LogP contribution in [0, 0.1) is 23.7 Å². The van der Waals surface area contributed by atoms with E-state index in [1.54, 1.807) is 24.3 Å². The minimum atomic E-state index is -0.307. The summed E-state index contributed by atoms with van der Waals surface area (Å²) < 4.78 is 5.91. The molecule has 0 radical (unpaired) electrons. The molecule has 0 saturated carbocycles. The van der Waals surface area contributed by atoms with Crippen molar-refractivity contribution >= 4 is 23.9 Å². The molecule has 2 bridgehead atoms. The molecule has 0 fully saturated rings. The summed E-state index contributed by atoms with van der Waals surface area (Å²) in [6.45, 7) is 8.94. The Bertz CT molecular complexity index is 882. The van der Waals surface area contributed by atoms with Crippen molar-refractivity contribution in [1.82, 2.24) is 9.88 Å². The lowest BCUT2D eigenvalue weighted by Crippen LogP contribution is -2.32. The lowest BCUT2D eigenvalue weighted by atomic mass is 10.1. The normalized spacial score (nSPS) is 16.4. The molecule has 1 aromatic heterocycles. The van der Waals surface area contributed by atoms with E-state index in [1.165, 1.54) is 4.90 Å². The molecule has 3 N–H and O–H groups in total. The minimum Gasteiger partial charge on any atom is -0.492 e. The molecule has 0 spiro atoms. The number of ether oxygens (including phenoxy) is 1. The molecule has 1 atom stereocenters. The van der Waals surface area contributed by atoms with Gasteiger partial charge in [-0.3, -0.25) is 15.6 Å². The second-order valence-corrected chi connectivity index (χ2v) is 6.74. The van der Waals surface area contributed by atoms with Crippen LogP contribution in [0.4, 0.5) is 5.82 Å². The molecule has 7 nitrogen and oxygen atoms in total. The van der Waals surface area contributed by atoms with Crippen LogP contribution >= 0.6 is 0 Å². The van der Waals surface area contributed by atoms with Crippen LogP contribution in [0.25, 0.3) is 0 Å². The van der Waals surface area contributed by atoms with Gasteiger partial charge in [0.1, 0.15) is 17.3 Å². The number of rotatable bonds is 1. The number of hydrogen-bond acceptors (Lipinski definition) is 5. The van der Waals surface area contributed by atoms with E-state index >= 15 is 0 Å². The van der Waals surface area contributed by atoms with Crippen LogP contribution in [0.1, 0.15) is 56.2 Å². The molecule has 1 amide bonds. The van der Waals surface area contributed by atoms with E-state index < -0.39 is 0 Å². The quantitative estimate of drug-likeness (QED) is 0.456. The van der Waals surface area contributed by atoms with Crippen LogP contribution in [0.5, 0.6) is 5.75 Å². The molecule has 2 heterocycles. The summed E-state index contributed by atoms with van der Waals surface area (Å²) in [6.07, 6.45) is 1.87. The first-order valence-electron chi connectivity index (χ1n) is 9.86. The molecule has 162 valence electrons. The van der Waals surface area contributed by atoms with Gasteiger partial charge in [-0.15, -0.1) is 0 Å². The number of fused-ring (bicyclic) bond motifs is 3. The smallest absolute Gasteiger partial charge is 0.260 e. The highest BCUT2D eigenvalue weighted by molar-refractivity contribution is 6.06. The average Bonchev–Trinajstić information content (AvgIpc) is 2.74. The molecule has 1 aliphatic rings. The van der Waals surface area contributed by atoms with Crippen molar-refractivity contribution in [1.29, 1.82) is 10.8 Å². The van der Waals surface area contributed by atoms with Crippen molar-refractivity contribution in [2.45, 2.75) is 41.5 Å². The van der Waals surface area contributed by atoms with Gasteiger partial charge >= 0.3 is 0 Å². The largest absolute Gasteiger partial charge is 0.492 e. The van der Waals surface area contributed by atoms with E-state index in [2.05, 4.69) is 10.3 Å². The summed E-state index contributed by atoms with van der Waals surface area (Å²) >= 11 is 0. The number of benzene rings is 1. The van der Waals surface area contributed by atoms with Crippen LogP contribution in [-0.2, 0) is 0 Å². The summed E-state index contributed by atoms with van der Waals surface area (Å²) in [5.41, 5.74) is 1.83. The van der Waals surface area contributed by atoms with Gasteiger partial charge < -0.3 is 15.0 Å². The van der Waals surface area contributed by atoms with Gasteiger partial charge in [0, 0.05) is 6.54 Å². The molecule has 1 aromatic carbocycles. The first kappa shape index (κ1) is 24.8. The Labute approximate surface area is 179 Å². The van der Waals surface area contributed by atoms with Gasteiger partial charge in [-0.05, 0) is 43.5 Å². The van der Waals surface area contributed by atoms with Crippen molar-refractivity contribution in [3.05, 3.63) is 53.2 Å². The van der Waals surface area contributed by atoms with Gasteiger partial charge in [-0.2, -0.15) is 0 Å². The summed E-state index contributed by atoms with van der Waals surface area (Å²) in [7, 11) is 0. The second kappa shape index (κ2) is 11.7. The Morgan fingerprint density at radius 3 is 2.70 bits per heavy atom. The monoisotopic (exact) mass is 411 g/mol. The fraction of sp³-hybridized carbons (Fsp3) is 0.391. The Morgan fingerprint density at radius 1 is 1.27 bits per heavy atom. The van der Waals surface area contributed by atoms with Crippen molar-refractivity contribution < 1.29 is 9.53 Å². The van der Waals surface area contributed by atoms with E-state index in [1.807, 2.05) is 39.8 Å². The Kier molecular flexibility index (Phi) is 9.68. The predicted octanol–water partition coefficient (Wildman–Crippen LogP) is 4.96. The molecule has 30 heavy (non-hydrogen) atoms. The lowest BCUT2D eigenvalue weighted by molar-refractivity contribution is 0.102. The molecular weight excluding hydrogens is 378 g/mol. The summed E-state index contributed by atoms with van der Waals surface area (Å²) in [5.74, 6) is 0.903. The number of amides is 1. The molecule has 7 heteroatoms. The number of nitrogens with one attached hydrogen (secondary N) is 3. The molecule has 3 rings (SSSR count). The molecule has 2 aromatic rings. The summed E-state index contributed by atoms with van der Waals surface area (Å²) in [6, 6.07) is 10.6. The molecule has 0 aliphatic carbocycles. The van der Waals surface area contributed by atoms with Crippen molar-refractivity contribution in [2.75, 3.05) is 18.5 Å². The van der Waals surface area contributed by atoms with Crippen LogP contribution in [0.3, 0.4) is 0 Å². The number of pyridine rings is 1. The maximum absolute atomic E-state index is 12.8. The van der Waals surface area contributed by atoms with E-state index in [-0.39, 0.29) is 25.1 Å². The van der Waals surface area contributed by atoms with Gasteiger partial charge in [0.15, 0.2) is 5.84 Å². The third kappa shape index (κ3) is 6.14. The van der Waals surface area contributed by atoms with E-state index in [4.69, 9.17) is 15.6 Å². The molecule has 0 saturated heterocycles. The number of carbonyl (C=O) groups excluding carboxylic acids is 1. The van der Waals surface area contributed by atoms with Crippen molar-refractivity contribution in [3.8, 4) is 5.75 Å². The van der Waals surface area contributed by atoms with Gasteiger partial charge in [0.2, 0.25) is 0 Å². The zero-order valence-corrected chi connectivity index (χ0v) is 17.5. The predicted molar refractivity (Wildman–Crippen MR) is 123 cm³/mol. The first-order chi connectivity index (χ1) is 14.0. The van der Waals surface area contributed by atoms with Crippen molar-refractivity contribution in [3.63, 3.8) is 0 Å². The SMILES string of the molecule is C.CC.Cc1ccc2c(c1)C(=O)Nc1cccc(n1)C(=N)N(C=N)CCC(C)CO2.